The zero-order valence-corrected chi connectivity index (χ0v) is 12.0. The van der Waals surface area contributed by atoms with E-state index in [9.17, 15) is 14.7 Å². The Labute approximate surface area is 112 Å². The highest BCUT2D eigenvalue weighted by molar-refractivity contribution is 8.00. The maximum atomic E-state index is 12.3. The number of carbonyl (C=O) groups excluding carboxylic acids is 1. The van der Waals surface area contributed by atoms with Gasteiger partial charge in [0.05, 0.1) is 5.37 Å². The van der Waals surface area contributed by atoms with Gasteiger partial charge < -0.3 is 15.3 Å². The van der Waals surface area contributed by atoms with Gasteiger partial charge in [-0.15, -0.1) is 11.8 Å². The molecule has 1 fully saturated rings. The second-order valence-corrected chi connectivity index (χ2v) is 5.85. The summed E-state index contributed by atoms with van der Waals surface area (Å²) in [6.07, 6.45) is 1.81. The van der Waals surface area contributed by atoms with Gasteiger partial charge in [-0.2, -0.15) is 0 Å². The van der Waals surface area contributed by atoms with Crippen LogP contribution < -0.4 is 5.32 Å². The maximum absolute atomic E-state index is 12.3. The minimum atomic E-state index is -0.897. The van der Waals surface area contributed by atoms with Crippen LogP contribution in [0.25, 0.3) is 0 Å². The first kappa shape index (κ1) is 15.3. The number of carboxylic acid groups (broad SMARTS) is 1. The topological polar surface area (TPSA) is 69.6 Å². The van der Waals surface area contributed by atoms with Gasteiger partial charge in [0.25, 0.3) is 0 Å². The number of carboxylic acids is 1. The lowest BCUT2D eigenvalue weighted by atomic mass is 10.1. The number of thioether (sulfide) groups is 1. The summed E-state index contributed by atoms with van der Waals surface area (Å²) in [5.74, 6) is -0.640. The fraction of sp³-hybridized carbons (Fsp3) is 0.833. The second-order valence-electron chi connectivity index (χ2n) is 4.63. The van der Waals surface area contributed by atoms with Gasteiger partial charge in [0.15, 0.2) is 0 Å². The van der Waals surface area contributed by atoms with Crippen LogP contribution in [0.5, 0.6) is 0 Å². The van der Waals surface area contributed by atoms with Crippen molar-refractivity contribution in [2.75, 3.05) is 19.3 Å². The molecule has 0 saturated carbocycles. The van der Waals surface area contributed by atoms with Crippen molar-refractivity contribution in [3.63, 3.8) is 0 Å². The maximum Gasteiger partial charge on any atom is 0.327 e. The van der Waals surface area contributed by atoms with E-state index in [4.69, 9.17) is 0 Å². The van der Waals surface area contributed by atoms with Crippen LogP contribution in [-0.4, -0.2) is 52.6 Å². The van der Waals surface area contributed by atoms with Crippen LogP contribution in [0, 0.1) is 5.92 Å². The summed E-state index contributed by atoms with van der Waals surface area (Å²) in [6, 6.07) is -0.668. The summed E-state index contributed by atoms with van der Waals surface area (Å²) < 4.78 is 0. The molecule has 1 heterocycles. The summed E-state index contributed by atoms with van der Waals surface area (Å²) in [7, 11) is 1.79. The molecule has 18 heavy (non-hydrogen) atoms. The van der Waals surface area contributed by atoms with E-state index in [0.29, 0.717) is 12.3 Å². The van der Waals surface area contributed by atoms with E-state index >= 15 is 0 Å². The number of amides is 1. The van der Waals surface area contributed by atoms with Gasteiger partial charge in [0.1, 0.15) is 6.04 Å². The first-order valence-electron chi connectivity index (χ1n) is 6.34. The molecule has 0 aromatic rings. The van der Waals surface area contributed by atoms with E-state index in [1.807, 2.05) is 13.8 Å². The Morgan fingerprint density at radius 1 is 1.56 bits per heavy atom. The zero-order valence-electron chi connectivity index (χ0n) is 11.2. The molecule has 0 radical (unpaired) electrons. The standard InChI is InChI=1S/C12H22N2O3S/c1-4-5-10-14(9(7-18-10)12(16)17)11(15)8(2)6-13-3/h8-10,13H,4-7H2,1-3H3,(H,16,17). The Morgan fingerprint density at radius 2 is 2.22 bits per heavy atom. The highest BCUT2D eigenvalue weighted by Crippen LogP contribution is 2.33. The van der Waals surface area contributed by atoms with Crippen molar-refractivity contribution in [2.24, 2.45) is 5.92 Å². The van der Waals surface area contributed by atoms with E-state index in [-0.39, 0.29) is 17.2 Å². The van der Waals surface area contributed by atoms with Crippen molar-refractivity contribution < 1.29 is 14.7 Å². The van der Waals surface area contributed by atoms with Gasteiger partial charge in [-0.25, -0.2) is 4.79 Å². The molecule has 104 valence electrons. The molecular formula is C12H22N2O3S. The van der Waals surface area contributed by atoms with Crippen molar-refractivity contribution >= 4 is 23.6 Å². The lowest BCUT2D eigenvalue weighted by Gasteiger charge is -2.29. The average Bonchev–Trinajstić information content (AvgIpc) is 2.72. The molecule has 3 unspecified atom stereocenters. The van der Waals surface area contributed by atoms with Crippen LogP contribution in [0.15, 0.2) is 0 Å². The Kier molecular flexibility index (Phi) is 5.95. The summed E-state index contributed by atoms with van der Waals surface area (Å²) in [4.78, 5) is 25.2. The quantitative estimate of drug-likeness (QED) is 0.756. The van der Waals surface area contributed by atoms with E-state index < -0.39 is 12.0 Å². The van der Waals surface area contributed by atoms with Crippen molar-refractivity contribution in [2.45, 2.75) is 38.1 Å². The Morgan fingerprint density at radius 3 is 2.72 bits per heavy atom. The number of nitrogens with one attached hydrogen (secondary N) is 1. The van der Waals surface area contributed by atoms with Crippen LogP contribution in [0.1, 0.15) is 26.7 Å². The number of nitrogens with zero attached hydrogens (tertiary/aromatic N) is 1. The van der Waals surface area contributed by atoms with E-state index in [0.717, 1.165) is 12.8 Å². The molecule has 1 aliphatic heterocycles. The Hall–Kier alpha value is -0.750. The predicted molar refractivity (Wildman–Crippen MR) is 72.5 cm³/mol. The lowest BCUT2D eigenvalue weighted by molar-refractivity contribution is -0.150. The summed E-state index contributed by atoms with van der Waals surface area (Å²) in [5.41, 5.74) is 0. The number of aliphatic carboxylic acids is 1. The van der Waals surface area contributed by atoms with Crippen LogP contribution in [0.3, 0.4) is 0 Å². The third-order valence-electron chi connectivity index (χ3n) is 3.10. The Balaban J connectivity index is 2.81. The molecule has 1 saturated heterocycles. The smallest absolute Gasteiger partial charge is 0.327 e. The second kappa shape index (κ2) is 6.99. The van der Waals surface area contributed by atoms with Gasteiger partial charge >= 0.3 is 5.97 Å². The normalized spacial score (nSPS) is 25.2. The zero-order chi connectivity index (χ0) is 13.7. The van der Waals surface area contributed by atoms with Crippen LogP contribution in [0.2, 0.25) is 0 Å². The number of carbonyl (C=O) groups is 2. The minimum absolute atomic E-state index is 0.0166. The van der Waals surface area contributed by atoms with Gasteiger partial charge in [-0.05, 0) is 13.5 Å². The fourth-order valence-electron chi connectivity index (χ4n) is 2.17. The largest absolute Gasteiger partial charge is 0.480 e. The molecule has 2 N–H and O–H groups in total. The third-order valence-corrected chi connectivity index (χ3v) is 4.46. The fourth-order valence-corrected chi connectivity index (χ4v) is 3.69. The van der Waals surface area contributed by atoms with Crippen molar-refractivity contribution in [3.05, 3.63) is 0 Å². The first-order chi connectivity index (χ1) is 8.52. The summed E-state index contributed by atoms with van der Waals surface area (Å²) in [5, 5.41) is 12.2. The van der Waals surface area contributed by atoms with Gasteiger partial charge in [0, 0.05) is 18.2 Å². The molecule has 0 spiro atoms. The molecule has 0 aromatic carbocycles. The van der Waals surface area contributed by atoms with Crippen molar-refractivity contribution in [1.82, 2.24) is 10.2 Å². The molecule has 0 bridgehead atoms. The molecule has 3 atom stereocenters. The molecule has 1 rings (SSSR count). The van der Waals surface area contributed by atoms with Gasteiger partial charge in [0.2, 0.25) is 5.91 Å². The lowest BCUT2D eigenvalue weighted by Crippen LogP contribution is -2.49. The van der Waals surface area contributed by atoms with E-state index in [2.05, 4.69) is 5.32 Å². The molecule has 6 heteroatoms. The highest BCUT2D eigenvalue weighted by Gasteiger charge is 2.42. The van der Waals surface area contributed by atoms with Crippen LogP contribution >= 0.6 is 11.8 Å². The molecule has 0 aliphatic carbocycles. The van der Waals surface area contributed by atoms with Crippen LogP contribution in [0.4, 0.5) is 0 Å². The number of hydrogen-bond donors (Lipinski definition) is 2. The monoisotopic (exact) mass is 274 g/mol. The molecule has 1 aliphatic rings. The molecule has 5 nitrogen and oxygen atoms in total. The molecular weight excluding hydrogens is 252 g/mol. The van der Waals surface area contributed by atoms with Gasteiger partial charge in [-0.1, -0.05) is 20.3 Å². The predicted octanol–water partition coefficient (Wildman–Crippen LogP) is 0.997. The molecule has 1 amide bonds. The SMILES string of the molecule is CCCC1SCC(C(=O)O)N1C(=O)C(C)CNC. The van der Waals surface area contributed by atoms with Crippen LogP contribution in [-0.2, 0) is 9.59 Å². The van der Waals surface area contributed by atoms with E-state index in [1.54, 1.807) is 23.7 Å². The van der Waals surface area contributed by atoms with E-state index in [1.165, 1.54) is 0 Å². The Bertz CT molecular complexity index is 312. The number of rotatable bonds is 6. The van der Waals surface area contributed by atoms with Gasteiger partial charge in [-0.3, -0.25) is 4.79 Å². The highest BCUT2D eigenvalue weighted by atomic mass is 32.2. The third kappa shape index (κ3) is 3.38. The average molecular weight is 274 g/mol. The first-order valence-corrected chi connectivity index (χ1v) is 7.39. The summed E-state index contributed by atoms with van der Waals surface area (Å²) >= 11 is 1.58. The summed E-state index contributed by atoms with van der Waals surface area (Å²) in [6.45, 7) is 4.46. The van der Waals surface area contributed by atoms with Crippen molar-refractivity contribution in [3.8, 4) is 0 Å². The number of hydrogen-bond acceptors (Lipinski definition) is 4. The van der Waals surface area contributed by atoms with Crippen molar-refractivity contribution in [1.29, 1.82) is 0 Å². The molecule has 0 aromatic heterocycles. The minimum Gasteiger partial charge on any atom is -0.480 e.